The molecule has 0 saturated heterocycles. The van der Waals surface area contributed by atoms with Gasteiger partial charge >= 0.3 is 0 Å². The van der Waals surface area contributed by atoms with E-state index in [1.165, 1.54) is 0 Å². The Labute approximate surface area is 154 Å². The Kier molecular flexibility index (Phi) is 2.81. The zero-order valence-corrected chi connectivity index (χ0v) is 14.7. The van der Waals surface area contributed by atoms with Gasteiger partial charge in [-0.25, -0.2) is 0 Å². The van der Waals surface area contributed by atoms with Crippen LogP contribution >= 0.6 is 0 Å². The summed E-state index contributed by atoms with van der Waals surface area (Å²) in [7, 11) is 0. The molecule has 0 spiro atoms. The predicted molar refractivity (Wildman–Crippen MR) is 109 cm³/mol. The van der Waals surface area contributed by atoms with Gasteiger partial charge in [0.15, 0.2) is 0 Å². The van der Waals surface area contributed by atoms with Crippen molar-refractivity contribution < 1.29 is 8.83 Å². The first-order valence-corrected chi connectivity index (χ1v) is 8.98. The van der Waals surface area contributed by atoms with Gasteiger partial charge in [0.05, 0.1) is 5.69 Å². The highest BCUT2D eigenvalue weighted by molar-refractivity contribution is 6.10. The smallest absolute Gasteiger partial charge is 0.144 e. The number of hydrogen-bond donors (Lipinski definition) is 0. The van der Waals surface area contributed by atoms with Crippen molar-refractivity contribution in [2.45, 2.75) is 6.92 Å². The minimum atomic E-state index is 0.845. The molecule has 0 radical (unpaired) electrons. The molecule has 0 saturated carbocycles. The van der Waals surface area contributed by atoms with E-state index in [0.717, 1.165) is 60.7 Å². The molecule has 3 nitrogen and oxygen atoms in total. The minimum absolute atomic E-state index is 0.845. The van der Waals surface area contributed by atoms with E-state index in [9.17, 15) is 0 Å². The van der Waals surface area contributed by atoms with E-state index in [1.807, 2.05) is 42.6 Å². The average Bonchev–Trinajstić information content (AvgIpc) is 3.26. The van der Waals surface area contributed by atoms with E-state index >= 15 is 0 Å². The summed E-state index contributed by atoms with van der Waals surface area (Å²) >= 11 is 0. The molecule has 3 heteroatoms. The molecule has 27 heavy (non-hydrogen) atoms. The molecule has 0 bridgehead atoms. The van der Waals surface area contributed by atoms with Crippen LogP contribution in [0.5, 0.6) is 0 Å². The molecule has 0 unspecified atom stereocenters. The first kappa shape index (κ1) is 14.6. The van der Waals surface area contributed by atoms with Crippen molar-refractivity contribution in [2.24, 2.45) is 0 Å². The molecule has 6 aromatic rings. The van der Waals surface area contributed by atoms with Crippen LogP contribution in [0.2, 0.25) is 0 Å². The first-order valence-electron chi connectivity index (χ1n) is 8.98. The molecule has 128 valence electrons. The molecule has 0 fully saturated rings. The second kappa shape index (κ2) is 5.21. The Morgan fingerprint density at radius 1 is 0.667 bits per heavy atom. The lowest BCUT2D eigenvalue weighted by Gasteiger charge is -2.01. The van der Waals surface area contributed by atoms with Crippen LogP contribution in [-0.2, 0) is 0 Å². The summed E-state index contributed by atoms with van der Waals surface area (Å²) < 4.78 is 12.3. The fourth-order valence-corrected chi connectivity index (χ4v) is 3.93. The molecule has 6 rings (SSSR count). The number of aryl methyl sites for hydroxylation is 1. The van der Waals surface area contributed by atoms with Crippen molar-refractivity contribution in [1.82, 2.24) is 4.98 Å². The number of pyridine rings is 1. The van der Waals surface area contributed by atoms with Crippen molar-refractivity contribution in [2.75, 3.05) is 0 Å². The van der Waals surface area contributed by atoms with Gasteiger partial charge in [0, 0.05) is 39.4 Å². The lowest BCUT2D eigenvalue weighted by Crippen LogP contribution is -1.83. The third kappa shape index (κ3) is 1.99. The van der Waals surface area contributed by atoms with Gasteiger partial charge in [-0.05, 0) is 24.6 Å². The van der Waals surface area contributed by atoms with Crippen LogP contribution < -0.4 is 0 Å². The molecule has 0 amide bonds. The van der Waals surface area contributed by atoms with Crippen molar-refractivity contribution >= 4 is 43.9 Å². The maximum atomic E-state index is 6.16. The number of furan rings is 2. The van der Waals surface area contributed by atoms with Gasteiger partial charge < -0.3 is 8.83 Å². The Morgan fingerprint density at radius 2 is 1.41 bits per heavy atom. The molecule has 0 atom stereocenters. The van der Waals surface area contributed by atoms with Crippen LogP contribution in [0.1, 0.15) is 5.56 Å². The summed E-state index contributed by atoms with van der Waals surface area (Å²) in [6.45, 7) is 2.06. The Morgan fingerprint density at radius 3 is 2.33 bits per heavy atom. The quantitative estimate of drug-likeness (QED) is 0.326. The van der Waals surface area contributed by atoms with E-state index in [1.54, 1.807) is 0 Å². The van der Waals surface area contributed by atoms with E-state index < -0.39 is 0 Å². The molecule has 0 aliphatic heterocycles. The van der Waals surface area contributed by atoms with Crippen LogP contribution in [0, 0.1) is 6.92 Å². The van der Waals surface area contributed by atoms with Crippen molar-refractivity contribution in [3.63, 3.8) is 0 Å². The largest absolute Gasteiger partial charge is 0.456 e. The van der Waals surface area contributed by atoms with Crippen LogP contribution in [0.3, 0.4) is 0 Å². The normalized spacial score (nSPS) is 11.9. The van der Waals surface area contributed by atoms with E-state index in [2.05, 4.69) is 37.3 Å². The number of benzene rings is 3. The summed E-state index contributed by atoms with van der Waals surface area (Å²) in [5.74, 6) is 0. The molecular weight excluding hydrogens is 334 g/mol. The summed E-state index contributed by atoms with van der Waals surface area (Å²) in [5.41, 5.74) is 6.47. The lowest BCUT2D eigenvalue weighted by atomic mass is 10.1. The first-order chi connectivity index (χ1) is 13.3. The minimum Gasteiger partial charge on any atom is -0.456 e. The van der Waals surface area contributed by atoms with E-state index in [-0.39, 0.29) is 0 Å². The molecule has 3 heterocycles. The Balaban J connectivity index is 1.65. The summed E-state index contributed by atoms with van der Waals surface area (Å²) in [5, 5.41) is 4.36. The van der Waals surface area contributed by atoms with E-state index in [4.69, 9.17) is 13.8 Å². The summed E-state index contributed by atoms with van der Waals surface area (Å²) in [4.78, 5) is 4.73. The monoisotopic (exact) mass is 349 g/mol. The molecule has 3 aromatic carbocycles. The second-order valence-electron chi connectivity index (χ2n) is 6.90. The maximum absolute atomic E-state index is 6.16. The van der Waals surface area contributed by atoms with Crippen molar-refractivity contribution in [3.8, 4) is 11.3 Å². The molecule has 3 aromatic heterocycles. The van der Waals surface area contributed by atoms with Gasteiger partial charge in [0.25, 0.3) is 0 Å². The van der Waals surface area contributed by atoms with Crippen molar-refractivity contribution in [1.29, 1.82) is 0 Å². The molecular formula is C24H15NO2. The van der Waals surface area contributed by atoms with Crippen LogP contribution in [0.25, 0.3) is 55.1 Å². The van der Waals surface area contributed by atoms with Crippen LogP contribution in [0.15, 0.2) is 81.8 Å². The number of nitrogens with zero attached hydrogens (tertiary/aromatic N) is 1. The van der Waals surface area contributed by atoms with Crippen LogP contribution in [0.4, 0.5) is 0 Å². The van der Waals surface area contributed by atoms with Gasteiger partial charge in [-0.2, -0.15) is 0 Å². The zero-order valence-electron chi connectivity index (χ0n) is 14.7. The number of hydrogen-bond acceptors (Lipinski definition) is 3. The molecule has 0 aliphatic carbocycles. The number of para-hydroxylation sites is 3. The van der Waals surface area contributed by atoms with Crippen molar-refractivity contribution in [3.05, 3.63) is 78.5 Å². The summed E-state index contributed by atoms with van der Waals surface area (Å²) in [6, 6.07) is 22.5. The highest BCUT2D eigenvalue weighted by Crippen LogP contribution is 2.37. The topological polar surface area (TPSA) is 39.2 Å². The SMILES string of the molecule is Cc1cccc2c1oc1cc(-c3cccc4c3oc3ccccc34)ncc12. The number of rotatable bonds is 1. The highest BCUT2D eigenvalue weighted by Gasteiger charge is 2.15. The fourth-order valence-electron chi connectivity index (χ4n) is 3.93. The average molecular weight is 349 g/mol. The fraction of sp³-hybridized carbons (Fsp3) is 0.0417. The Hall–Kier alpha value is -3.59. The van der Waals surface area contributed by atoms with Gasteiger partial charge in [0.1, 0.15) is 22.3 Å². The van der Waals surface area contributed by atoms with Gasteiger partial charge in [-0.1, -0.05) is 48.5 Å². The van der Waals surface area contributed by atoms with Gasteiger partial charge in [0.2, 0.25) is 0 Å². The van der Waals surface area contributed by atoms with Gasteiger partial charge in [-0.15, -0.1) is 0 Å². The Bertz CT molecular complexity index is 1490. The molecule has 0 aliphatic rings. The second-order valence-corrected chi connectivity index (χ2v) is 6.90. The lowest BCUT2D eigenvalue weighted by molar-refractivity contribution is 0.665. The standard InChI is InChI=1S/C24H15NO2/c1-14-6-4-8-17-19-13-25-20(12-22(19)27-23(14)17)18-10-5-9-16-15-7-2-3-11-21(15)26-24(16)18/h2-13H,1H3. The third-order valence-corrected chi connectivity index (χ3v) is 5.26. The van der Waals surface area contributed by atoms with Gasteiger partial charge in [-0.3, -0.25) is 4.98 Å². The van der Waals surface area contributed by atoms with Crippen LogP contribution in [-0.4, -0.2) is 4.98 Å². The predicted octanol–water partition coefficient (Wildman–Crippen LogP) is 6.86. The molecule has 0 N–H and O–H groups in total. The third-order valence-electron chi connectivity index (χ3n) is 5.26. The maximum Gasteiger partial charge on any atom is 0.144 e. The highest BCUT2D eigenvalue weighted by atomic mass is 16.3. The number of aromatic nitrogens is 1. The zero-order chi connectivity index (χ0) is 18.0. The summed E-state index contributed by atoms with van der Waals surface area (Å²) in [6.07, 6.45) is 1.90. The van der Waals surface area contributed by atoms with E-state index in [0.29, 0.717) is 0 Å². The number of fused-ring (bicyclic) bond motifs is 6.